The molecule has 2 atom stereocenters. The second-order valence-electron chi connectivity index (χ2n) is 10.2. The smallest absolute Gasteiger partial charge is 0.265 e. The van der Waals surface area contributed by atoms with Gasteiger partial charge in [-0.05, 0) is 65.9 Å². The molecule has 0 unspecified atom stereocenters. The van der Waals surface area contributed by atoms with Gasteiger partial charge >= 0.3 is 0 Å². The Balaban J connectivity index is 1.67. The van der Waals surface area contributed by atoms with Crippen LogP contribution in [0, 0.1) is 11.2 Å². The van der Waals surface area contributed by atoms with Crippen molar-refractivity contribution in [1.29, 1.82) is 0 Å². The highest BCUT2D eigenvalue weighted by Gasteiger charge is 2.37. The molecule has 36 heavy (non-hydrogen) atoms. The second-order valence-corrected chi connectivity index (χ2v) is 10.2. The third kappa shape index (κ3) is 5.59. The van der Waals surface area contributed by atoms with E-state index < -0.39 is 17.6 Å². The Bertz CT molecular complexity index is 1240. The molecule has 0 spiro atoms. The maximum atomic E-state index is 14.3. The first-order chi connectivity index (χ1) is 17.2. The lowest BCUT2D eigenvalue weighted by Crippen LogP contribution is -2.45. The van der Waals surface area contributed by atoms with E-state index in [0.29, 0.717) is 36.4 Å². The van der Waals surface area contributed by atoms with Crippen molar-refractivity contribution in [3.63, 3.8) is 0 Å². The highest BCUT2D eigenvalue weighted by molar-refractivity contribution is 5.94. The van der Waals surface area contributed by atoms with E-state index in [1.807, 2.05) is 87.2 Å². The van der Waals surface area contributed by atoms with E-state index >= 15 is 0 Å². The van der Waals surface area contributed by atoms with Gasteiger partial charge in [-0.15, -0.1) is 0 Å². The minimum atomic E-state index is -0.688. The van der Waals surface area contributed by atoms with Crippen molar-refractivity contribution in [3.8, 4) is 5.75 Å². The molecule has 0 saturated heterocycles. The van der Waals surface area contributed by atoms with Crippen LogP contribution in [0.5, 0.6) is 5.75 Å². The predicted octanol–water partition coefficient (Wildman–Crippen LogP) is 6.14. The highest BCUT2D eigenvalue weighted by Crippen LogP contribution is 2.39. The number of ether oxygens (including phenoxy) is 1. The summed E-state index contributed by atoms with van der Waals surface area (Å²) in [6.45, 7) is 8.12. The Hall–Kier alpha value is -3.67. The van der Waals surface area contributed by atoms with Crippen molar-refractivity contribution in [2.24, 2.45) is 5.41 Å². The van der Waals surface area contributed by atoms with Gasteiger partial charge in [-0.2, -0.15) is 0 Å². The molecule has 2 amide bonds. The normalized spacial score (nSPS) is 16.1. The number of benzene rings is 3. The van der Waals surface area contributed by atoms with E-state index in [4.69, 9.17) is 4.74 Å². The molecule has 1 N–H and O–H groups in total. The number of hydrogen-bond donors (Lipinski definition) is 1. The van der Waals surface area contributed by atoms with E-state index in [2.05, 4.69) is 5.32 Å². The topological polar surface area (TPSA) is 58.6 Å². The number of para-hydroxylation sites is 1. The number of rotatable bonds is 6. The van der Waals surface area contributed by atoms with Crippen molar-refractivity contribution in [2.75, 3.05) is 11.9 Å². The number of anilines is 1. The molecule has 5 nitrogen and oxygen atoms in total. The lowest BCUT2D eigenvalue weighted by molar-refractivity contribution is -0.141. The zero-order chi connectivity index (χ0) is 25.9. The zero-order valence-corrected chi connectivity index (χ0v) is 21.3. The Morgan fingerprint density at radius 3 is 2.47 bits per heavy atom. The van der Waals surface area contributed by atoms with Gasteiger partial charge in [0.15, 0.2) is 6.10 Å². The van der Waals surface area contributed by atoms with E-state index in [1.54, 1.807) is 6.07 Å². The molecule has 0 aliphatic carbocycles. The van der Waals surface area contributed by atoms with Crippen molar-refractivity contribution >= 4 is 17.5 Å². The summed E-state index contributed by atoms with van der Waals surface area (Å²) in [5, 5.41) is 2.90. The molecule has 3 aromatic rings. The molecule has 0 bridgehead atoms. The largest absolute Gasteiger partial charge is 0.481 e. The lowest BCUT2D eigenvalue weighted by Gasteiger charge is -2.41. The number of fused-ring (bicyclic) bond motifs is 1. The summed E-state index contributed by atoms with van der Waals surface area (Å²) < 4.78 is 20.4. The van der Waals surface area contributed by atoms with Gasteiger partial charge < -0.3 is 15.0 Å². The first kappa shape index (κ1) is 25.4. The molecule has 4 rings (SSSR count). The molecular weight excluding hydrogens is 455 g/mol. The van der Waals surface area contributed by atoms with Crippen molar-refractivity contribution < 1.29 is 18.7 Å². The second kappa shape index (κ2) is 10.5. The van der Waals surface area contributed by atoms with Crippen LogP contribution in [0.1, 0.15) is 56.8 Å². The molecular formula is C30H33FN2O3. The van der Waals surface area contributed by atoms with Gasteiger partial charge in [0, 0.05) is 17.6 Å². The zero-order valence-electron chi connectivity index (χ0n) is 21.3. The van der Waals surface area contributed by atoms with E-state index in [0.717, 1.165) is 11.1 Å². The summed E-state index contributed by atoms with van der Waals surface area (Å²) in [6.07, 6.45) is 0.485. The fraction of sp³-hybridized carbons (Fsp3) is 0.333. The third-order valence-corrected chi connectivity index (χ3v) is 6.40. The quantitative estimate of drug-likeness (QED) is 0.453. The van der Waals surface area contributed by atoms with Gasteiger partial charge in [0.25, 0.3) is 5.91 Å². The predicted molar refractivity (Wildman–Crippen MR) is 139 cm³/mol. The maximum Gasteiger partial charge on any atom is 0.265 e. The fourth-order valence-electron chi connectivity index (χ4n) is 4.58. The third-order valence-electron chi connectivity index (χ3n) is 6.40. The van der Waals surface area contributed by atoms with Gasteiger partial charge in [0.1, 0.15) is 11.6 Å². The Morgan fingerprint density at radius 2 is 1.81 bits per heavy atom. The maximum absolute atomic E-state index is 14.3. The minimum absolute atomic E-state index is 0.00223. The molecule has 1 aliphatic rings. The first-order valence-corrected chi connectivity index (χ1v) is 12.4. The summed E-state index contributed by atoms with van der Waals surface area (Å²) in [4.78, 5) is 28.1. The van der Waals surface area contributed by atoms with Crippen LogP contribution in [0.25, 0.3) is 0 Å². The highest BCUT2D eigenvalue weighted by atomic mass is 19.1. The van der Waals surface area contributed by atoms with Crippen LogP contribution in [-0.4, -0.2) is 29.4 Å². The Labute approximate surface area is 212 Å². The van der Waals surface area contributed by atoms with Gasteiger partial charge in [-0.1, -0.05) is 64.1 Å². The molecule has 0 aromatic heterocycles. The summed E-state index contributed by atoms with van der Waals surface area (Å²) in [6, 6.07) is 21.0. The van der Waals surface area contributed by atoms with Crippen molar-refractivity contribution in [2.45, 2.75) is 52.7 Å². The van der Waals surface area contributed by atoms with Crippen LogP contribution in [0.15, 0.2) is 72.8 Å². The number of nitrogens with one attached hydrogen (secondary N) is 1. The van der Waals surface area contributed by atoms with Crippen LogP contribution in [-0.2, 0) is 16.0 Å². The van der Waals surface area contributed by atoms with E-state index in [1.165, 1.54) is 12.1 Å². The number of carbonyl (C=O) groups is 2. The van der Waals surface area contributed by atoms with Crippen LogP contribution < -0.4 is 10.1 Å². The van der Waals surface area contributed by atoms with Crippen molar-refractivity contribution in [1.82, 2.24) is 4.90 Å². The van der Waals surface area contributed by atoms with E-state index in [9.17, 15) is 14.0 Å². The summed E-state index contributed by atoms with van der Waals surface area (Å²) in [7, 11) is 0. The monoisotopic (exact) mass is 488 g/mol. The molecule has 1 heterocycles. The summed E-state index contributed by atoms with van der Waals surface area (Å²) in [5.74, 6) is -0.0378. The molecule has 0 radical (unpaired) electrons. The van der Waals surface area contributed by atoms with Crippen LogP contribution in [0.3, 0.4) is 0 Å². The molecule has 1 aliphatic heterocycles. The summed E-state index contributed by atoms with van der Waals surface area (Å²) in [5.41, 5.74) is 2.80. The first-order valence-electron chi connectivity index (χ1n) is 12.4. The molecule has 3 aromatic carbocycles. The van der Waals surface area contributed by atoms with Gasteiger partial charge in [-0.3, -0.25) is 9.59 Å². The molecule has 188 valence electrons. The number of nitrogens with zero attached hydrogens (tertiary/aromatic N) is 1. The lowest BCUT2D eigenvalue weighted by atomic mass is 9.85. The fourth-order valence-corrected chi connectivity index (χ4v) is 4.58. The van der Waals surface area contributed by atoms with Gasteiger partial charge in [0.05, 0.1) is 6.04 Å². The number of halogens is 1. The standard InChI is InChI=1S/C30H33FN2O3/c1-5-26(28(34)32-23-12-7-6-8-13-23)36-24-15-14-20-16-17-33(29(35)30(2,3)4)27(25(20)19-24)21-10-9-11-22(31)18-21/h6-15,18-19,26-27H,5,16-17H2,1-4H3,(H,32,34)/t26-,27+/m1/s1. The van der Waals surface area contributed by atoms with E-state index in [-0.39, 0.29) is 17.6 Å². The number of carbonyl (C=O) groups excluding carboxylic acids is 2. The van der Waals surface area contributed by atoms with Gasteiger partial charge in [-0.25, -0.2) is 4.39 Å². The number of amides is 2. The molecule has 6 heteroatoms. The average molecular weight is 489 g/mol. The van der Waals surface area contributed by atoms with Crippen LogP contribution in [0.4, 0.5) is 10.1 Å². The summed E-state index contributed by atoms with van der Waals surface area (Å²) >= 11 is 0. The van der Waals surface area contributed by atoms with Crippen LogP contribution >= 0.6 is 0 Å². The Kier molecular flexibility index (Phi) is 7.43. The average Bonchev–Trinajstić information content (AvgIpc) is 2.86. The molecule has 0 fully saturated rings. The minimum Gasteiger partial charge on any atom is -0.481 e. The van der Waals surface area contributed by atoms with Gasteiger partial charge in [0.2, 0.25) is 5.91 Å². The molecule has 0 saturated carbocycles. The van der Waals surface area contributed by atoms with Crippen molar-refractivity contribution in [3.05, 3.63) is 95.3 Å². The Morgan fingerprint density at radius 1 is 1.06 bits per heavy atom. The van der Waals surface area contributed by atoms with Crippen LogP contribution in [0.2, 0.25) is 0 Å². The SMILES string of the molecule is CC[C@@H](Oc1ccc2c(c1)[C@H](c1cccc(F)c1)N(C(=O)C(C)(C)C)CC2)C(=O)Nc1ccccc1. The number of hydrogen-bond acceptors (Lipinski definition) is 3.